The molecule has 0 radical (unpaired) electrons. The maximum Gasteiger partial charge on any atom is 0.234 e. The number of carbonyl (C=O) groups is 1. The van der Waals surface area contributed by atoms with Gasteiger partial charge in [0, 0.05) is 16.5 Å². The van der Waals surface area contributed by atoms with Gasteiger partial charge in [0.2, 0.25) is 5.91 Å². The van der Waals surface area contributed by atoms with Crippen LogP contribution in [-0.2, 0) is 4.79 Å². The summed E-state index contributed by atoms with van der Waals surface area (Å²) in [6, 6.07) is 7.10. The van der Waals surface area contributed by atoms with Crippen LogP contribution < -0.4 is 5.32 Å². The Labute approximate surface area is 98.7 Å². The molecule has 0 atom stereocenters. The average Bonchev–Trinajstić information content (AvgIpc) is 2.18. The molecule has 0 fully saturated rings. The number of hydrogen-bond acceptors (Lipinski definition) is 2. The molecule has 4 heteroatoms. The summed E-state index contributed by atoms with van der Waals surface area (Å²) >= 11 is 7.31. The van der Waals surface area contributed by atoms with Gasteiger partial charge in [-0.2, -0.15) is 0 Å². The number of amides is 1. The fourth-order valence-corrected chi connectivity index (χ4v) is 1.73. The molecule has 1 rings (SSSR count). The molecule has 80 valence electrons. The second kappa shape index (κ2) is 6.53. The molecule has 2 nitrogen and oxygen atoms in total. The van der Waals surface area contributed by atoms with E-state index in [1.807, 2.05) is 6.07 Å². The Morgan fingerprint density at radius 3 is 3.07 bits per heavy atom. The van der Waals surface area contributed by atoms with E-state index in [-0.39, 0.29) is 5.91 Å². The fourth-order valence-electron chi connectivity index (χ4n) is 0.998. The van der Waals surface area contributed by atoms with Gasteiger partial charge in [0.15, 0.2) is 0 Å². The molecular weight excluding hydrogens is 230 g/mol. The highest BCUT2D eigenvalue weighted by atomic mass is 35.5. The first kappa shape index (κ1) is 12.1. The van der Waals surface area contributed by atoms with Gasteiger partial charge in [-0.05, 0) is 18.2 Å². The summed E-state index contributed by atoms with van der Waals surface area (Å²) in [4.78, 5) is 11.4. The topological polar surface area (TPSA) is 29.1 Å². The molecule has 0 aliphatic heterocycles. The largest absolute Gasteiger partial charge is 0.325 e. The zero-order valence-electron chi connectivity index (χ0n) is 8.20. The summed E-state index contributed by atoms with van der Waals surface area (Å²) < 4.78 is 0. The van der Waals surface area contributed by atoms with E-state index in [2.05, 4.69) is 11.9 Å². The van der Waals surface area contributed by atoms with Gasteiger partial charge in [-0.1, -0.05) is 23.7 Å². The first-order valence-corrected chi connectivity index (χ1v) is 5.99. The van der Waals surface area contributed by atoms with Gasteiger partial charge in [0.25, 0.3) is 0 Å². The molecule has 1 aromatic rings. The summed E-state index contributed by atoms with van der Waals surface area (Å²) in [6.07, 6.45) is 1.78. The van der Waals surface area contributed by atoms with Gasteiger partial charge in [0.05, 0.1) is 5.75 Å². The first-order chi connectivity index (χ1) is 7.22. The van der Waals surface area contributed by atoms with Crippen molar-refractivity contribution in [2.24, 2.45) is 0 Å². The second-order valence-corrected chi connectivity index (χ2v) is 4.33. The fraction of sp³-hybridized carbons (Fsp3) is 0.182. The van der Waals surface area contributed by atoms with Gasteiger partial charge < -0.3 is 5.32 Å². The Bertz CT molecular complexity index is 354. The van der Waals surface area contributed by atoms with Crippen LogP contribution in [0.4, 0.5) is 5.69 Å². The van der Waals surface area contributed by atoms with Crippen LogP contribution in [0.1, 0.15) is 0 Å². The number of rotatable bonds is 5. The molecule has 0 spiro atoms. The van der Waals surface area contributed by atoms with Crippen molar-refractivity contribution in [2.75, 3.05) is 16.8 Å². The van der Waals surface area contributed by atoms with Crippen LogP contribution in [0, 0.1) is 0 Å². The molecule has 0 aliphatic rings. The third-order valence-corrected chi connectivity index (χ3v) is 2.75. The number of thioether (sulfide) groups is 1. The van der Waals surface area contributed by atoms with Crippen molar-refractivity contribution in [3.05, 3.63) is 41.9 Å². The lowest BCUT2D eigenvalue weighted by Gasteiger charge is -2.04. The summed E-state index contributed by atoms with van der Waals surface area (Å²) in [6.45, 7) is 3.58. The molecule has 0 aliphatic carbocycles. The molecule has 0 saturated heterocycles. The molecule has 1 aromatic carbocycles. The summed E-state index contributed by atoms with van der Waals surface area (Å²) in [5.41, 5.74) is 0.728. The van der Waals surface area contributed by atoms with Gasteiger partial charge in [-0.25, -0.2) is 0 Å². The van der Waals surface area contributed by atoms with Crippen LogP contribution in [0.5, 0.6) is 0 Å². The number of hydrogen-bond donors (Lipinski definition) is 1. The standard InChI is InChI=1S/C11H12ClNOS/c1-2-6-15-8-11(14)13-10-5-3-4-9(12)7-10/h2-5,7H,1,6,8H2,(H,13,14). The molecule has 0 aromatic heterocycles. The van der Waals surface area contributed by atoms with Crippen molar-refractivity contribution >= 4 is 35.0 Å². The lowest BCUT2D eigenvalue weighted by Crippen LogP contribution is -2.14. The average molecular weight is 242 g/mol. The smallest absolute Gasteiger partial charge is 0.234 e. The van der Waals surface area contributed by atoms with Crippen molar-refractivity contribution < 1.29 is 4.79 Å². The van der Waals surface area contributed by atoms with Crippen molar-refractivity contribution in [1.29, 1.82) is 0 Å². The van der Waals surface area contributed by atoms with Crippen LogP contribution in [0.3, 0.4) is 0 Å². The van der Waals surface area contributed by atoms with Gasteiger partial charge in [-0.3, -0.25) is 4.79 Å². The predicted molar refractivity (Wildman–Crippen MR) is 67.6 cm³/mol. The minimum atomic E-state index is -0.0240. The minimum absolute atomic E-state index is 0.0240. The van der Waals surface area contributed by atoms with E-state index >= 15 is 0 Å². The van der Waals surface area contributed by atoms with Crippen LogP contribution in [0.15, 0.2) is 36.9 Å². The quantitative estimate of drug-likeness (QED) is 0.634. The highest BCUT2D eigenvalue weighted by molar-refractivity contribution is 8.00. The Morgan fingerprint density at radius 1 is 1.60 bits per heavy atom. The first-order valence-electron chi connectivity index (χ1n) is 4.46. The van der Waals surface area contributed by atoms with Crippen molar-refractivity contribution in [3.8, 4) is 0 Å². The lowest BCUT2D eigenvalue weighted by atomic mass is 10.3. The second-order valence-electron chi connectivity index (χ2n) is 2.86. The maximum atomic E-state index is 11.4. The molecule has 1 N–H and O–H groups in total. The normalized spacial score (nSPS) is 9.67. The van der Waals surface area contributed by atoms with E-state index in [4.69, 9.17) is 11.6 Å². The SMILES string of the molecule is C=CCSCC(=O)Nc1cccc(Cl)c1. The van der Waals surface area contributed by atoms with Crippen molar-refractivity contribution in [1.82, 2.24) is 0 Å². The van der Waals surface area contributed by atoms with Gasteiger partial charge >= 0.3 is 0 Å². The Morgan fingerprint density at radius 2 is 2.40 bits per heavy atom. The number of carbonyl (C=O) groups excluding carboxylic acids is 1. The molecule has 0 heterocycles. The lowest BCUT2D eigenvalue weighted by molar-refractivity contribution is -0.113. The highest BCUT2D eigenvalue weighted by Gasteiger charge is 2.01. The van der Waals surface area contributed by atoms with Crippen LogP contribution in [0.25, 0.3) is 0 Å². The van der Waals surface area contributed by atoms with Gasteiger partial charge in [0.1, 0.15) is 0 Å². The van der Waals surface area contributed by atoms with E-state index in [0.29, 0.717) is 10.8 Å². The minimum Gasteiger partial charge on any atom is -0.325 e. The van der Waals surface area contributed by atoms with Gasteiger partial charge in [-0.15, -0.1) is 18.3 Å². The third kappa shape index (κ3) is 4.91. The van der Waals surface area contributed by atoms with E-state index in [1.54, 1.807) is 24.3 Å². The number of nitrogens with one attached hydrogen (secondary N) is 1. The zero-order chi connectivity index (χ0) is 11.1. The molecule has 15 heavy (non-hydrogen) atoms. The van der Waals surface area contributed by atoms with E-state index in [0.717, 1.165) is 11.4 Å². The molecule has 0 saturated carbocycles. The Kier molecular flexibility index (Phi) is 5.29. The molecular formula is C11H12ClNOS. The number of anilines is 1. The highest BCUT2D eigenvalue weighted by Crippen LogP contribution is 2.15. The number of halogens is 1. The maximum absolute atomic E-state index is 11.4. The third-order valence-electron chi connectivity index (χ3n) is 1.58. The Balaban J connectivity index is 2.40. The summed E-state index contributed by atoms with van der Waals surface area (Å²) in [7, 11) is 0. The van der Waals surface area contributed by atoms with E-state index in [1.165, 1.54) is 11.8 Å². The molecule has 0 bridgehead atoms. The van der Waals surface area contributed by atoms with E-state index in [9.17, 15) is 4.79 Å². The Hall–Kier alpha value is -0.930. The van der Waals surface area contributed by atoms with E-state index < -0.39 is 0 Å². The van der Waals surface area contributed by atoms with Crippen LogP contribution in [0.2, 0.25) is 5.02 Å². The summed E-state index contributed by atoms with van der Waals surface area (Å²) in [5.74, 6) is 1.19. The van der Waals surface area contributed by atoms with Crippen LogP contribution >= 0.6 is 23.4 Å². The molecule has 0 unspecified atom stereocenters. The van der Waals surface area contributed by atoms with Crippen molar-refractivity contribution in [3.63, 3.8) is 0 Å². The summed E-state index contributed by atoms with van der Waals surface area (Å²) in [5, 5.41) is 3.38. The monoisotopic (exact) mass is 241 g/mol. The van der Waals surface area contributed by atoms with Crippen LogP contribution in [-0.4, -0.2) is 17.4 Å². The number of benzene rings is 1. The predicted octanol–water partition coefficient (Wildman–Crippen LogP) is 3.20. The zero-order valence-corrected chi connectivity index (χ0v) is 9.77. The molecule has 1 amide bonds. The van der Waals surface area contributed by atoms with Crippen molar-refractivity contribution in [2.45, 2.75) is 0 Å².